The molecule has 3 heteroatoms. The summed E-state index contributed by atoms with van der Waals surface area (Å²) < 4.78 is 12.1. The SMILES string of the molecule is CC[Si](CC)(C1C(C)=Cc2c(-c3ccc(COC(C)(C)C)cc3)cccc21)C1C(C(C)C)=Cc2c(-c3ccc(COC(C)(C)C)cc3)cccc21. The van der Waals surface area contributed by atoms with Gasteiger partial charge in [-0.2, -0.15) is 0 Å². The van der Waals surface area contributed by atoms with Gasteiger partial charge in [0, 0.05) is 11.1 Å². The van der Waals surface area contributed by atoms with E-state index in [1.807, 2.05) is 0 Å². The molecule has 2 atom stereocenters. The third-order valence-corrected chi connectivity index (χ3v) is 17.7. The van der Waals surface area contributed by atoms with E-state index in [9.17, 15) is 0 Å². The molecule has 2 aliphatic rings. The largest absolute Gasteiger partial charge is 0.371 e. The third kappa shape index (κ3) is 7.54. The van der Waals surface area contributed by atoms with Crippen LogP contribution in [0.25, 0.3) is 34.4 Å². The Morgan fingerprint density at radius 3 is 1.43 bits per heavy atom. The molecule has 0 fully saturated rings. The summed E-state index contributed by atoms with van der Waals surface area (Å²) in [6.45, 7) is 26.2. The van der Waals surface area contributed by atoms with Crippen molar-refractivity contribution in [1.82, 2.24) is 0 Å². The Kier molecular flexibility index (Phi) is 10.6. The molecule has 0 heterocycles. The maximum Gasteiger partial charge on any atom is 0.0776 e. The molecule has 268 valence electrons. The van der Waals surface area contributed by atoms with Crippen LogP contribution in [-0.2, 0) is 22.7 Å². The van der Waals surface area contributed by atoms with Crippen molar-refractivity contribution in [2.24, 2.45) is 5.92 Å². The predicted octanol–water partition coefficient (Wildman–Crippen LogP) is 13.6. The first kappa shape index (κ1) is 37.3. The lowest BCUT2D eigenvalue weighted by Crippen LogP contribution is -2.48. The van der Waals surface area contributed by atoms with Gasteiger partial charge in [0.05, 0.1) is 32.5 Å². The first-order chi connectivity index (χ1) is 24.2. The fraction of sp³-hybridized carbons (Fsp3) is 0.417. The molecule has 0 saturated heterocycles. The Hall–Kier alpha value is -3.50. The zero-order chi connectivity index (χ0) is 36.7. The summed E-state index contributed by atoms with van der Waals surface area (Å²) in [4.78, 5) is 0. The molecule has 0 aliphatic heterocycles. The maximum atomic E-state index is 6.08. The molecule has 0 N–H and O–H groups in total. The molecule has 6 rings (SSSR count). The topological polar surface area (TPSA) is 18.5 Å². The molecule has 51 heavy (non-hydrogen) atoms. The highest BCUT2D eigenvalue weighted by molar-refractivity contribution is 6.84. The molecule has 4 aromatic carbocycles. The van der Waals surface area contributed by atoms with Gasteiger partial charge in [0.25, 0.3) is 0 Å². The van der Waals surface area contributed by atoms with E-state index in [-0.39, 0.29) is 11.2 Å². The summed E-state index contributed by atoms with van der Waals surface area (Å²) in [5.74, 6) is 0.481. The van der Waals surface area contributed by atoms with Crippen molar-refractivity contribution < 1.29 is 9.47 Å². The minimum Gasteiger partial charge on any atom is -0.371 e. The van der Waals surface area contributed by atoms with Crippen molar-refractivity contribution in [3.8, 4) is 22.3 Å². The van der Waals surface area contributed by atoms with E-state index in [1.165, 1.54) is 56.6 Å². The van der Waals surface area contributed by atoms with Gasteiger partial charge in [0.2, 0.25) is 0 Å². The van der Waals surface area contributed by atoms with Gasteiger partial charge in [0.1, 0.15) is 0 Å². The number of fused-ring (bicyclic) bond motifs is 2. The van der Waals surface area contributed by atoms with Crippen LogP contribution in [0.3, 0.4) is 0 Å². The van der Waals surface area contributed by atoms with E-state index in [1.54, 1.807) is 22.3 Å². The molecule has 0 radical (unpaired) electrons. The number of benzene rings is 4. The van der Waals surface area contributed by atoms with E-state index in [4.69, 9.17) is 9.47 Å². The van der Waals surface area contributed by atoms with Crippen molar-refractivity contribution in [2.75, 3.05) is 0 Å². The van der Waals surface area contributed by atoms with Crippen LogP contribution in [-0.4, -0.2) is 19.3 Å². The molecule has 2 aliphatic carbocycles. The van der Waals surface area contributed by atoms with Gasteiger partial charge >= 0.3 is 0 Å². The standard InChI is InChI=1S/C48H60O2Si/c1-12-51(13-2,45-33(5)28-43-38(16-14-18-40(43)45)36-24-20-34(21-25-36)30-49-47(6,7)8)46-41-19-15-17-39(44(41)29-42(46)32(3)4)37-26-22-35(23-27-37)31-50-48(9,10)11/h14-29,32,45-46H,12-13,30-31H2,1-11H3. The first-order valence-electron chi connectivity index (χ1n) is 19.3. The average Bonchev–Trinajstić information content (AvgIpc) is 3.66. The molecule has 4 aromatic rings. The number of rotatable bonds is 11. The third-order valence-electron chi connectivity index (χ3n) is 11.4. The van der Waals surface area contributed by atoms with Crippen molar-refractivity contribution in [1.29, 1.82) is 0 Å². The van der Waals surface area contributed by atoms with Gasteiger partial charge in [-0.25, -0.2) is 0 Å². The Morgan fingerprint density at radius 2 is 1.02 bits per heavy atom. The zero-order valence-electron chi connectivity index (χ0n) is 33.1. The molecule has 0 amide bonds. The monoisotopic (exact) mass is 696 g/mol. The summed E-state index contributed by atoms with van der Waals surface area (Å²) >= 11 is 0. The molecule has 2 unspecified atom stereocenters. The van der Waals surface area contributed by atoms with Crippen molar-refractivity contribution in [2.45, 2.75) is 124 Å². The second kappa shape index (κ2) is 14.5. The van der Waals surface area contributed by atoms with Crippen molar-refractivity contribution >= 4 is 20.2 Å². The molecule has 0 aromatic heterocycles. The smallest absolute Gasteiger partial charge is 0.0776 e. The summed E-state index contributed by atoms with van der Waals surface area (Å²) in [5, 5.41) is 0. The van der Waals surface area contributed by atoms with Crippen LogP contribution in [0.15, 0.2) is 96.1 Å². The van der Waals surface area contributed by atoms with Crippen LogP contribution < -0.4 is 0 Å². The zero-order valence-corrected chi connectivity index (χ0v) is 34.1. The average molecular weight is 697 g/mol. The molecule has 0 saturated carbocycles. The first-order valence-corrected chi connectivity index (χ1v) is 21.8. The quantitative estimate of drug-likeness (QED) is 0.145. The highest BCUT2D eigenvalue weighted by Crippen LogP contribution is 2.58. The number of hydrogen-bond donors (Lipinski definition) is 0. The second-order valence-electron chi connectivity index (χ2n) is 17.3. The second-order valence-corrected chi connectivity index (χ2v) is 22.3. The Labute approximate surface area is 310 Å². The summed E-state index contributed by atoms with van der Waals surface area (Å²) in [6, 6.07) is 34.8. The highest BCUT2D eigenvalue weighted by Gasteiger charge is 2.52. The van der Waals surface area contributed by atoms with Gasteiger partial charge in [0.15, 0.2) is 0 Å². The van der Waals surface area contributed by atoms with Gasteiger partial charge in [-0.3, -0.25) is 0 Å². The molecule has 2 nitrogen and oxygen atoms in total. The van der Waals surface area contributed by atoms with Crippen LogP contribution in [0.4, 0.5) is 0 Å². The van der Waals surface area contributed by atoms with Crippen LogP contribution in [0.1, 0.15) is 121 Å². The van der Waals surface area contributed by atoms with Crippen LogP contribution in [0, 0.1) is 5.92 Å². The Morgan fingerprint density at radius 1 is 0.588 bits per heavy atom. The van der Waals surface area contributed by atoms with E-state index in [2.05, 4.69) is 173 Å². The lowest BCUT2D eigenvalue weighted by Gasteiger charge is -2.45. The molecule has 0 spiro atoms. The Balaban J connectivity index is 1.39. The predicted molar refractivity (Wildman–Crippen MR) is 222 cm³/mol. The lowest BCUT2D eigenvalue weighted by molar-refractivity contribution is -0.0152. The summed E-state index contributed by atoms with van der Waals surface area (Å²) in [7, 11) is -2.06. The van der Waals surface area contributed by atoms with E-state index in [0.29, 0.717) is 30.2 Å². The van der Waals surface area contributed by atoms with E-state index >= 15 is 0 Å². The minimum atomic E-state index is -2.06. The van der Waals surface area contributed by atoms with Gasteiger partial charge in [-0.15, -0.1) is 0 Å². The summed E-state index contributed by atoms with van der Waals surface area (Å²) in [6.07, 6.45) is 5.13. The fourth-order valence-corrected chi connectivity index (χ4v) is 15.1. The van der Waals surface area contributed by atoms with Gasteiger partial charge in [-0.05, 0) is 110 Å². The number of hydrogen-bond acceptors (Lipinski definition) is 2. The van der Waals surface area contributed by atoms with Gasteiger partial charge < -0.3 is 9.47 Å². The van der Waals surface area contributed by atoms with Crippen LogP contribution in [0.5, 0.6) is 0 Å². The normalized spacial score (nSPS) is 17.4. The highest BCUT2D eigenvalue weighted by atomic mass is 28.3. The minimum absolute atomic E-state index is 0.148. The maximum absolute atomic E-state index is 6.08. The lowest BCUT2D eigenvalue weighted by atomic mass is 9.96. The fourth-order valence-electron chi connectivity index (χ4n) is 8.78. The van der Waals surface area contributed by atoms with Crippen molar-refractivity contribution in [3.63, 3.8) is 0 Å². The van der Waals surface area contributed by atoms with E-state index in [0.717, 1.165) is 0 Å². The number of ether oxygens (including phenoxy) is 2. The molecular weight excluding hydrogens is 637 g/mol. The van der Waals surface area contributed by atoms with Crippen LogP contribution >= 0.6 is 0 Å². The summed E-state index contributed by atoms with van der Waals surface area (Å²) in [5.41, 5.74) is 17.5. The Bertz CT molecular complexity index is 1910. The van der Waals surface area contributed by atoms with Gasteiger partial charge in [-0.1, -0.05) is 148 Å². The van der Waals surface area contributed by atoms with E-state index < -0.39 is 8.07 Å². The number of allylic oxidation sites excluding steroid dienone is 2. The molecule has 0 bridgehead atoms. The molecular formula is C48H60O2Si. The van der Waals surface area contributed by atoms with Crippen molar-refractivity contribution in [3.05, 3.63) is 129 Å². The van der Waals surface area contributed by atoms with Crippen LogP contribution in [0.2, 0.25) is 12.1 Å².